The first-order valence-corrected chi connectivity index (χ1v) is 6.91. The summed E-state index contributed by atoms with van der Waals surface area (Å²) in [5.41, 5.74) is 8.94. The van der Waals surface area contributed by atoms with Crippen molar-refractivity contribution in [2.45, 2.75) is 33.6 Å². The molecule has 0 aromatic rings. The van der Waals surface area contributed by atoms with Crippen LogP contribution in [0.15, 0.2) is 69.9 Å². The lowest BCUT2D eigenvalue weighted by Gasteiger charge is -2.35. The molecule has 0 N–H and O–H groups in total. The van der Waals surface area contributed by atoms with Crippen LogP contribution in [0.2, 0.25) is 0 Å². The number of allylic oxidation sites excluding steroid dienone is 12. The third-order valence-electron chi connectivity index (χ3n) is 4.16. The molecule has 0 fully saturated rings. The van der Waals surface area contributed by atoms with E-state index in [2.05, 4.69) is 57.2 Å². The smallest absolute Gasteiger partial charge is 0.0347 e. The fourth-order valence-electron chi connectivity index (χ4n) is 3.34. The Labute approximate surface area is 110 Å². The summed E-state index contributed by atoms with van der Waals surface area (Å²) < 4.78 is 0. The zero-order valence-electron chi connectivity index (χ0n) is 11.5. The van der Waals surface area contributed by atoms with Crippen LogP contribution in [-0.2, 0) is 0 Å². The quantitative estimate of drug-likeness (QED) is 0.630. The van der Waals surface area contributed by atoms with Gasteiger partial charge in [0, 0.05) is 5.92 Å². The van der Waals surface area contributed by atoms with Crippen molar-refractivity contribution in [3.05, 3.63) is 69.9 Å². The maximum absolute atomic E-state index is 2.40. The monoisotopic (exact) mass is 236 g/mol. The fraction of sp³-hybridized carbons (Fsp3) is 0.333. The van der Waals surface area contributed by atoms with E-state index in [9.17, 15) is 0 Å². The molecule has 0 bridgehead atoms. The summed E-state index contributed by atoms with van der Waals surface area (Å²) in [6, 6.07) is 0. The molecule has 0 saturated carbocycles. The molecule has 0 heterocycles. The molecule has 18 heavy (non-hydrogen) atoms. The van der Waals surface area contributed by atoms with Crippen LogP contribution in [0.1, 0.15) is 33.6 Å². The Morgan fingerprint density at radius 1 is 1.06 bits per heavy atom. The van der Waals surface area contributed by atoms with E-state index < -0.39 is 0 Å². The lowest BCUT2D eigenvalue weighted by atomic mass is 9.68. The van der Waals surface area contributed by atoms with E-state index >= 15 is 0 Å². The van der Waals surface area contributed by atoms with Crippen LogP contribution in [0.5, 0.6) is 0 Å². The molecule has 0 aliphatic heterocycles. The van der Waals surface area contributed by atoms with Crippen molar-refractivity contribution < 1.29 is 0 Å². The Kier molecular flexibility index (Phi) is 2.74. The van der Waals surface area contributed by atoms with Crippen molar-refractivity contribution in [1.82, 2.24) is 0 Å². The first kappa shape index (κ1) is 11.5. The maximum atomic E-state index is 2.40. The molecule has 0 radical (unpaired) electrons. The summed E-state index contributed by atoms with van der Waals surface area (Å²) in [4.78, 5) is 0. The van der Waals surface area contributed by atoms with Crippen LogP contribution in [0.4, 0.5) is 0 Å². The molecule has 1 unspecified atom stereocenters. The van der Waals surface area contributed by atoms with Crippen LogP contribution >= 0.6 is 0 Å². The van der Waals surface area contributed by atoms with Crippen LogP contribution < -0.4 is 0 Å². The van der Waals surface area contributed by atoms with E-state index in [1.807, 2.05) is 0 Å². The Morgan fingerprint density at radius 2 is 1.89 bits per heavy atom. The van der Waals surface area contributed by atoms with Crippen molar-refractivity contribution >= 4 is 0 Å². The largest absolute Gasteiger partial charge is 0.0651 e. The van der Waals surface area contributed by atoms with Gasteiger partial charge >= 0.3 is 0 Å². The molecule has 0 saturated heterocycles. The van der Waals surface area contributed by atoms with Gasteiger partial charge in [-0.25, -0.2) is 0 Å². The molecule has 3 aliphatic carbocycles. The molecule has 0 aromatic carbocycles. The molecule has 0 spiro atoms. The van der Waals surface area contributed by atoms with Gasteiger partial charge in [-0.1, -0.05) is 49.8 Å². The number of hydrogen-bond donors (Lipinski definition) is 0. The van der Waals surface area contributed by atoms with E-state index in [1.165, 1.54) is 35.1 Å². The molecule has 3 aliphatic rings. The summed E-state index contributed by atoms with van der Waals surface area (Å²) in [6.07, 6.45) is 16.1. The van der Waals surface area contributed by atoms with Crippen LogP contribution in [0, 0.1) is 5.92 Å². The highest BCUT2D eigenvalue weighted by Gasteiger charge is 2.31. The second kappa shape index (κ2) is 4.28. The summed E-state index contributed by atoms with van der Waals surface area (Å²) in [7, 11) is 0. The predicted octanol–water partition coefficient (Wildman–Crippen LogP) is 5.04. The van der Waals surface area contributed by atoms with E-state index in [1.54, 1.807) is 11.1 Å². The van der Waals surface area contributed by atoms with Gasteiger partial charge in [0.15, 0.2) is 0 Å². The molecule has 0 heteroatoms. The highest BCUT2D eigenvalue weighted by atomic mass is 14.3. The fourth-order valence-corrected chi connectivity index (χ4v) is 3.34. The lowest BCUT2D eigenvalue weighted by Crippen LogP contribution is -2.21. The second-order valence-corrected chi connectivity index (χ2v) is 5.45. The van der Waals surface area contributed by atoms with Crippen molar-refractivity contribution in [2.75, 3.05) is 0 Å². The summed E-state index contributed by atoms with van der Waals surface area (Å²) in [6.45, 7) is 6.77. The summed E-state index contributed by atoms with van der Waals surface area (Å²) in [5, 5.41) is 0. The van der Waals surface area contributed by atoms with Gasteiger partial charge in [0.2, 0.25) is 0 Å². The SMILES string of the molecule is CCCC1=C2C(C)=CC=C3C=CC=C(C(C)=C1)C32. The first-order chi connectivity index (χ1) is 8.72. The van der Waals surface area contributed by atoms with Crippen molar-refractivity contribution in [1.29, 1.82) is 0 Å². The van der Waals surface area contributed by atoms with Gasteiger partial charge in [0.05, 0.1) is 0 Å². The van der Waals surface area contributed by atoms with Crippen LogP contribution in [0.25, 0.3) is 0 Å². The molecular formula is C18H20. The minimum Gasteiger partial charge on any atom is -0.0651 e. The predicted molar refractivity (Wildman–Crippen MR) is 78.2 cm³/mol. The third kappa shape index (κ3) is 1.59. The molecule has 0 nitrogen and oxygen atoms in total. The molecule has 1 atom stereocenters. The zero-order valence-corrected chi connectivity index (χ0v) is 11.5. The van der Waals surface area contributed by atoms with Gasteiger partial charge < -0.3 is 0 Å². The summed E-state index contributed by atoms with van der Waals surface area (Å²) >= 11 is 0. The number of hydrogen-bond acceptors (Lipinski definition) is 0. The highest BCUT2D eigenvalue weighted by Crippen LogP contribution is 2.46. The lowest BCUT2D eigenvalue weighted by molar-refractivity contribution is 0.792. The van der Waals surface area contributed by atoms with E-state index in [0.29, 0.717) is 5.92 Å². The standard InChI is InChI=1S/C18H20/c1-4-6-15-11-13(3)16-8-5-7-14-10-9-12(2)17(15)18(14)16/h5,7-11,18H,4,6H2,1-3H3. The van der Waals surface area contributed by atoms with Crippen molar-refractivity contribution in [2.24, 2.45) is 5.92 Å². The number of rotatable bonds is 2. The Hall–Kier alpha value is -1.56. The normalized spacial score (nSPS) is 25.2. The van der Waals surface area contributed by atoms with Gasteiger partial charge in [-0.15, -0.1) is 0 Å². The van der Waals surface area contributed by atoms with E-state index in [4.69, 9.17) is 0 Å². The zero-order chi connectivity index (χ0) is 12.7. The highest BCUT2D eigenvalue weighted by molar-refractivity contribution is 5.65. The van der Waals surface area contributed by atoms with Gasteiger partial charge in [-0.3, -0.25) is 0 Å². The molecule has 0 amide bonds. The van der Waals surface area contributed by atoms with Crippen LogP contribution in [0.3, 0.4) is 0 Å². The summed E-state index contributed by atoms with van der Waals surface area (Å²) in [5.74, 6) is 0.506. The average Bonchev–Trinajstić information content (AvgIpc) is 2.37. The average molecular weight is 236 g/mol. The van der Waals surface area contributed by atoms with E-state index in [-0.39, 0.29) is 0 Å². The van der Waals surface area contributed by atoms with Crippen LogP contribution in [-0.4, -0.2) is 0 Å². The first-order valence-electron chi connectivity index (χ1n) is 6.91. The molecule has 92 valence electrons. The van der Waals surface area contributed by atoms with Gasteiger partial charge in [-0.2, -0.15) is 0 Å². The minimum atomic E-state index is 0.506. The van der Waals surface area contributed by atoms with Crippen molar-refractivity contribution in [3.8, 4) is 0 Å². The van der Waals surface area contributed by atoms with Crippen molar-refractivity contribution in [3.63, 3.8) is 0 Å². The maximum Gasteiger partial charge on any atom is 0.0347 e. The Morgan fingerprint density at radius 3 is 2.67 bits per heavy atom. The van der Waals surface area contributed by atoms with Gasteiger partial charge in [-0.05, 0) is 53.7 Å². The van der Waals surface area contributed by atoms with E-state index in [0.717, 1.165) is 0 Å². The molecule has 0 aromatic heterocycles. The Balaban J connectivity index is 2.22. The molecular weight excluding hydrogens is 216 g/mol. The Bertz CT molecular complexity index is 571. The molecule has 3 rings (SSSR count). The second-order valence-electron chi connectivity index (χ2n) is 5.45. The topological polar surface area (TPSA) is 0 Å². The van der Waals surface area contributed by atoms with Gasteiger partial charge in [0.25, 0.3) is 0 Å². The van der Waals surface area contributed by atoms with Gasteiger partial charge in [0.1, 0.15) is 0 Å². The third-order valence-corrected chi connectivity index (χ3v) is 4.16. The minimum absolute atomic E-state index is 0.506.